The van der Waals surface area contributed by atoms with Crippen molar-refractivity contribution in [3.05, 3.63) is 37.0 Å². The van der Waals surface area contributed by atoms with Gasteiger partial charge >= 0.3 is 11.3 Å². The maximum atomic E-state index is 7.50. The summed E-state index contributed by atoms with van der Waals surface area (Å²) in [5.74, 6) is 0. The molecule has 2 nitrogen and oxygen atoms in total. The molecule has 1 rings (SSSR count). The van der Waals surface area contributed by atoms with Gasteiger partial charge in [-0.3, -0.25) is 4.90 Å². The van der Waals surface area contributed by atoms with Gasteiger partial charge in [-0.1, -0.05) is 0 Å². The summed E-state index contributed by atoms with van der Waals surface area (Å²) in [7, 11) is 3.71. The van der Waals surface area contributed by atoms with Gasteiger partial charge in [-0.15, -0.1) is 0 Å². The summed E-state index contributed by atoms with van der Waals surface area (Å²) in [4.78, 5) is 1.76. The quantitative estimate of drug-likeness (QED) is 0.174. The van der Waals surface area contributed by atoms with E-state index in [-0.39, 0.29) is 17.1 Å². The molecular formula is C9H12FeNOS2-. The molecular weight excluding hydrogens is 258 g/mol. The zero-order valence-corrected chi connectivity index (χ0v) is 10.8. The molecule has 0 aromatic heterocycles. The predicted molar refractivity (Wildman–Crippen MR) is 60.8 cm³/mol. The molecule has 5 heteroatoms. The number of hydrogen-bond acceptors (Lipinski definition) is 1. The van der Waals surface area contributed by atoms with Crippen molar-refractivity contribution in [2.45, 2.75) is 0 Å². The van der Waals surface area contributed by atoms with Crippen LogP contribution in [0.1, 0.15) is 0 Å². The van der Waals surface area contributed by atoms with Crippen LogP contribution in [0, 0.1) is 6.65 Å². The molecule has 1 aromatic carbocycles. The molecule has 1 aromatic rings. The molecule has 80 valence electrons. The molecule has 0 aliphatic heterocycles. The van der Waals surface area contributed by atoms with E-state index < -0.39 is 0 Å². The van der Waals surface area contributed by atoms with Crippen molar-refractivity contribution >= 4 is 29.2 Å². The van der Waals surface area contributed by atoms with E-state index in [2.05, 4.69) is 31.5 Å². The van der Waals surface area contributed by atoms with E-state index in [1.807, 2.05) is 44.4 Å². The van der Waals surface area contributed by atoms with Gasteiger partial charge in [-0.2, -0.15) is 18.2 Å². The molecule has 14 heavy (non-hydrogen) atoms. The topological polar surface area (TPSA) is 23.1 Å². The average molecular weight is 270 g/mol. The minimum absolute atomic E-state index is 0. The molecule has 0 unspecified atom stereocenters. The van der Waals surface area contributed by atoms with Crippen LogP contribution in [0.25, 0.3) is 0 Å². The molecule has 0 bridgehead atoms. The summed E-state index contributed by atoms with van der Waals surface area (Å²) in [6.45, 7) is 4.50. The Balaban J connectivity index is -0.000000139. The summed E-state index contributed by atoms with van der Waals surface area (Å²) < 4.78 is 8.12. The van der Waals surface area contributed by atoms with Gasteiger partial charge in [0.15, 0.2) is 0 Å². The van der Waals surface area contributed by atoms with Crippen LogP contribution in [0.5, 0.6) is 0 Å². The van der Waals surface area contributed by atoms with E-state index in [1.54, 1.807) is 4.90 Å². The molecule has 0 aliphatic carbocycles. The van der Waals surface area contributed by atoms with Gasteiger partial charge in [-0.25, -0.2) is 12.1 Å². The Hall–Kier alpha value is 0.00948. The summed E-state index contributed by atoms with van der Waals surface area (Å²) in [5, 5.41) is 0. The van der Waals surface area contributed by atoms with E-state index in [1.165, 1.54) is 0 Å². The summed E-state index contributed by atoms with van der Waals surface area (Å²) >= 11 is 8.46. The van der Waals surface area contributed by atoms with Gasteiger partial charge in [-0.05, 0) is 14.1 Å². The number of hydrogen-bond donors (Lipinski definition) is 0. The van der Waals surface area contributed by atoms with Crippen molar-refractivity contribution in [1.29, 1.82) is 0 Å². The van der Waals surface area contributed by atoms with Crippen LogP contribution < -0.4 is 0 Å². The summed E-state index contributed by atoms with van der Waals surface area (Å²) in [6.07, 6.45) is 0. The van der Waals surface area contributed by atoms with Crippen LogP contribution in [0.15, 0.2) is 30.3 Å². The second kappa shape index (κ2) is 15.5. The third-order valence-electron chi connectivity index (χ3n) is 0.938. The Bertz CT molecular complexity index is 205. The van der Waals surface area contributed by atoms with E-state index >= 15 is 0 Å². The molecule has 0 radical (unpaired) electrons. The maximum absolute atomic E-state index is 7.50. The standard InChI is InChI=1S/C5H5.C3H7NS2.CO.Fe/c1-2-4-5-3-1;1-4(2)3(5)6;1-2;/h1-5H;1-2H3,(H,5,6);;/q-1;;;. The Labute approximate surface area is 107 Å². The van der Waals surface area contributed by atoms with E-state index in [4.69, 9.17) is 4.65 Å². The van der Waals surface area contributed by atoms with Gasteiger partial charge < -0.3 is 12.6 Å². The Morgan fingerprint density at radius 3 is 1.71 bits per heavy atom. The van der Waals surface area contributed by atoms with Crippen LogP contribution in [0.2, 0.25) is 0 Å². The van der Waals surface area contributed by atoms with Gasteiger partial charge in [0.25, 0.3) is 0 Å². The SMILES string of the molecule is CN(C)C([S-])=[SH+].[C-]#[O+].[Fe].c1cc[cH-]c1. The van der Waals surface area contributed by atoms with E-state index in [0.717, 1.165) is 0 Å². The van der Waals surface area contributed by atoms with Gasteiger partial charge in [0, 0.05) is 17.1 Å². The Morgan fingerprint density at radius 2 is 1.64 bits per heavy atom. The zero-order chi connectivity index (χ0) is 10.7. The smallest absolute Gasteiger partial charge is 0 e. The van der Waals surface area contributed by atoms with Crippen molar-refractivity contribution in [2.75, 3.05) is 14.1 Å². The van der Waals surface area contributed by atoms with Crippen molar-refractivity contribution in [3.8, 4) is 0 Å². The van der Waals surface area contributed by atoms with Crippen LogP contribution in [0.4, 0.5) is 0 Å². The van der Waals surface area contributed by atoms with Crippen molar-refractivity contribution < 1.29 is 21.7 Å². The fraction of sp³-hybridized carbons (Fsp3) is 0.222. The van der Waals surface area contributed by atoms with E-state index in [0.29, 0.717) is 4.32 Å². The molecule has 0 amide bonds. The summed E-state index contributed by atoms with van der Waals surface area (Å²) in [5.41, 5.74) is 0. The summed E-state index contributed by atoms with van der Waals surface area (Å²) in [6, 6.07) is 10.0. The second-order valence-electron chi connectivity index (χ2n) is 2.14. The predicted octanol–water partition coefficient (Wildman–Crippen LogP) is 0.827. The largest absolute Gasteiger partial charge is 0.214 e. The maximum Gasteiger partial charge on any atom is 0 e. The first-order valence-electron chi connectivity index (χ1n) is 3.42. The number of nitrogens with zero attached hydrogens (tertiary/aromatic N) is 1. The second-order valence-corrected chi connectivity index (χ2v) is 3.25. The first-order chi connectivity index (χ1) is 6.14. The first-order valence-corrected chi connectivity index (χ1v) is 4.27. The molecule has 0 saturated heterocycles. The average Bonchev–Trinajstić information content (AvgIpc) is 2.64. The first kappa shape index (κ1) is 19.6. The minimum Gasteiger partial charge on any atom is -0.214 e. The van der Waals surface area contributed by atoms with E-state index in [9.17, 15) is 0 Å². The number of thiol groups is 1. The Morgan fingerprint density at radius 1 is 1.36 bits per heavy atom. The third-order valence-corrected chi connectivity index (χ3v) is 1.70. The molecule has 0 fully saturated rings. The molecule has 0 saturated carbocycles. The molecule has 0 spiro atoms. The molecule has 0 heterocycles. The normalized spacial score (nSPS) is 7.00. The van der Waals surface area contributed by atoms with Gasteiger partial charge in [0.2, 0.25) is 0 Å². The van der Waals surface area contributed by atoms with Crippen LogP contribution in [0.3, 0.4) is 0 Å². The number of rotatable bonds is 0. The van der Waals surface area contributed by atoms with Crippen molar-refractivity contribution in [2.24, 2.45) is 0 Å². The van der Waals surface area contributed by atoms with Crippen molar-refractivity contribution in [3.63, 3.8) is 0 Å². The van der Waals surface area contributed by atoms with Crippen LogP contribution in [-0.4, -0.2) is 23.3 Å². The Kier molecular flexibility index (Phi) is 21.6. The monoisotopic (exact) mass is 270 g/mol. The fourth-order valence-corrected chi connectivity index (χ4v) is 0.321. The zero-order valence-electron chi connectivity index (χ0n) is 7.95. The minimum atomic E-state index is 0. The van der Waals surface area contributed by atoms with Gasteiger partial charge in [0.1, 0.15) is 16.5 Å². The molecule has 0 aliphatic rings. The third kappa shape index (κ3) is 17.9. The van der Waals surface area contributed by atoms with Crippen LogP contribution >= 0.6 is 0 Å². The fourth-order valence-electron chi connectivity index (χ4n) is 0.321. The van der Waals surface area contributed by atoms with Gasteiger partial charge in [0.05, 0.1) is 0 Å². The molecule has 0 atom stereocenters. The molecule has 0 N–H and O–H groups in total. The van der Waals surface area contributed by atoms with Crippen LogP contribution in [-0.2, 0) is 46.6 Å². The van der Waals surface area contributed by atoms with Crippen molar-refractivity contribution in [1.82, 2.24) is 4.90 Å².